The van der Waals surface area contributed by atoms with Crippen molar-refractivity contribution in [3.05, 3.63) is 58.9 Å². The lowest BCUT2D eigenvalue weighted by Crippen LogP contribution is -2.02. The molecule has 0 bridgehead atoms. The van der Waals surface area contributed by atoms with E-state index >= 15 is 0 Å². The first-order valence-electron chi connectivity index (χ1n) is 5.81. The predicted octanol–water partition coefficient (Wildman–Crippen LogP) is 3.60. The summed E-state index contributed by atoms with van der Waals surface area (Å²) in [7, 11) is 0. The van der Waals surface area contributed by atoms with E-state index in [0.29, 0.717) is 11.3 Å². The Morgan fingerprint density at radius 2 is 1.78 bits per heavy atom. The molecule has 0 aromatic heterocycles. The van der Waals surface area contributed by atoms with E-state index in [1.165, 1.54) is 12.1 Å². The molecular formula is C15H16FNO. The summed E-state index contributed by atoms with van der Waals surface area (Å²) in [5.74, 6) is 0.533. The van der Waals surface area contributed by atoms with Gasteiger partial charge in [0.1, 0.15) is 18.2 Å². The van der Waals surface area contributed by atoms with Crippen molar-refractivity contribution in [2.75, 3.05) is 5.73 Å². The molecule has 0 unspecified atom stereocenters. The maximum atomic E-state index is 13.1. The van der Waals surface area contributed by atoms with Crippen LogP contribution in [0.25, 0.3) is 0 Å². The fraction of sp³-hybridized carbons (Fsp3) is 0.200. The molecule has 2 rings (SSSR count). The van der Waals surface area contributed by atoms with E-state index < -0.39 is 0 Å². The van der Waals surface area contributed by atoms with Gasteiger partial charge in [-0.1, -0.05) is 18.2 Å². The maximum absolute atomic E-state index is 13.1. The summed E-state index contributed by atoms with van der Waals surface area (Å²) in [4.78, 5) is 0. The average Bonchev–Trinajstić information content (AvgIpc) is 2.33. The summed E-state index contributed by atoms with van der Waals surface area (Å²) >= 11 is 0. The fourth-order valence-corrected chi connectivity index (χ4v) is 1.88. The van der Waals surface area contributed by atoms with Gasteiger partial charge < -0.3 is 10.5 Å². The van der Waals surface area contributed by atoms with Gasteiger partial charge in [-0.2, -0.15) is 0 Å². The molecule has 0 aliphatic rings. The molecule has 3 heteroatoms. The van der Waals surface area contributed by atoms with Crippen molar-refractivity contribution >= 4 is 5.69 Å². The Labute approximate surface area is 106 Å². The van der Waals surface area contributed by atoms with Gasteiger partial charge in [-0.15, -0.1) is 0 Å². The number of nitrogens with two attached hydrogens (primary N) is 1. The topological polar surface area (TPSA) is 35.2 Å². The number of anilines is 1. The van der Waals surface area contributed by atoms with Crippen molar-refractivity contribution in [1.29, 1.82) is 0 Å². The lowest BCUT2D eigenvalue weighted by molar-refractivity contribution is 0.302. The molecule has 0 atom stereocenters. The molecule has 2 nitrogen and oxygen atoms in total. The molecule has 0 spiro atoms. The van der Waals surface area contributed by atoms with Crippen LogP contribution in [-0.2, 0) is 6.61 Å². The molecular weight excluding hydrogens is 229 g/mol. The van der Waals surface area contributed by atoms with Crippen LogP contribution >= 0.6 is 0 Å². The normalized spacial score (nSPS) is 10.4. The lowest BCUT2D eigenvalue weighted by atomic mass is 10.1. The zero-order chi connectivity index (χ0) is 13.1. The molecule has 0 aliphatic carbocycles. The molecule has 0 heterocycles. The van der Waals surface area contributed by atoms with E-state index in [1.54, 1.807) is 6.07 Å². The highest BCUT2D eigenvalue weighted by Gasteiger charge is 2.06. The maximum Gasteiger partial charge on any atom is 0.125 e. The van der Waals surface area contributed by atoms with Gasteiger partial charge in [0.15, 0.2) is 0 Å². The predicted molar refractivity (Wildman–Crippen MR) is 71.1 cm³/mol. The van der Waals surface area contributed by atoms with E-state index in [2.05, 4.69) is 0 Å². The number of hydrogen-bond acceptors (Lipinski definition) is 2. The zero-order valence-corrected chi connectivity index (χ0v) is 10.5. The minimum absolute atomic E-state index is 0.273. The monoisotopic (exact) mass is 245 g/mol. The van der Waals surface area contributed by atoms with Crippen LogP contribution in [0.15, 0.2) is 36.4 Å². The van der Waals surface area contributed by atoms with Crippen LogP contribution in [0.1, 0.15) is 16.7 Å². The Bertz CT molecular complexity index is 546. The number of nitrogen functional groups attached to an aromatic ring is 1. The number of hydrogen-bond donors (Lipinski definition) is 1. The molecule has 0 aliphatic heterocycles. The van der Waals surface area contributed by atoms with Gasteiger partial charge in [-0.3, -0.25) is 0 Å². The Morgan fingerprint density at radius 1 is 1.11 bits per heavy atom. The van der Waals surface area contributed by atoms with Crippen LogP contribution in [-0.4, -0.2) is 0 Å². The molecule has 0 radical (unpaired) electrons. The summed E-state index contributed by atoms with van der Waals surface area (Å²) in [5, 5.41) is 0. The Balaban J connectivity index is 2.19. The number of rotatable bonds is 3. The standard InChI is InChI=1S/C15H16FNO/c1-10-4-3-5-11(2)15(10)18-9-12-8-13(16)6-7-14(12)17/h3-8H,9,17H2,1-2H3. The van der Waals surface area contributed by atoms with Crippen LogP contribution in [0.2, 0.25) is 0 Å². The van der Waals surface area contributed by atoms with Crippen molar-refractivity contribution in [2.45, 2.75) is 20.5 Å². The number of halogens is 1. The summed E-state index contributed by atoms with van der Waals surface area (Å²) < 4.78 is 18.9. The summed E-state index contributed by atoms with van der Waals surface area (Å²) in [5.41, 5.74) is 9.11. The summed E-state index contributed by atoms with van der Waals surface area (Å²) in [6.45, 7) is 4.24. The average molecular weight is 245 g/mol. The van der Waals surface area contributed by atoms with E-state index in [4.69, 9.17) is 10.5 Å². The smallest absolute Gasteiger partial charge is 0.125 e. The number of benzene rings is 2. The third-order valence-corrected chi connectivity index (χ3v) is 2.89. The van der Waals surface area contributed by atoms with Crippen LogP contribution in [0.4, 0.5) is 10.1 Å². The zero-order valence-electron chi connectivity index (χ0n) is 10.5. The number of aryl methyl sites for hydroxylation is 2. The molecule has 2 aromatic carbocycles. The highest BCUT2D eigenvalue weighted by molar-refractivity contribution is 5.47. The second-order valence-corrected chi connectivity index (χ2v) is 4.35. The molecule has 0 amide bonds. The fourth-order valence-electron chi connectivity index (χ4n) is 1.88. The van der Waals surface area contributed by atoms with E-state index in [-0.39, 0.29) is 12.4 Å². The molecule has 2 N–H and O–H groups in total. The third kappa shape index (κ3) is 2.62. The Kier molecular flexibility index (Phi) is 3.51. The van der Waals surface area contributed by atoms with Gasteiger partial charge >= 0.3 is 0 Å². The van der Waals surface area contributed by atoms with E-state index in [0.717, 1.165) is 16.9 Å². The first-order chi connectivity index (χ1) is 8.58. The quantitative estimate of drug-likeness (QED) is 0.838. The minimum Gasteiger partial charge on any atom is -0.488 e. The van der Waals surface area contributed by atoms with Crippen molar-refractivity contribution in [2.24, 2.45) is 0 Å². The third-order valence-electron chi connectivity index (χ3n) is 2.89. The van der Waals surface area contributed by atoms with Crippen LogP contribution in [0, 0.1) is 19.7 Å². The van der Waals surface area contributed by atoms with E-state index in [1.807, 2.05) is 32.0 Å². The highest BCUT2D eigenvalue weighted by atomic mass is 19.1. The molecule has 0 saturated carbocycles. The number of para-hydroxylation sites is 1. The molecule has 18 heavy (non-hydrogen) atoms. The van der Waals surface area contributed by atoms with Gasteiger partial charge in [0.05, 0.1) is 0 Å². The summed E-state index contributed by atoms with van der Waals surface area (Å²) in [6.07, 6.45) is 0. The second kappa shape index (κ2) is 5.08. The van der Waals surface area contributed by atoms with Crippen LogP contribution in [0.5, 0.6) is 5.75 Å². The largest absolute Gasteiger partial charge is 0.488 e. The van der Waals surface area contributed by atoms with Gasteiger partial charge in [0.2, 0.25) is 0 Å². The Hall–Kier alpha value is -2.03. The van der Waals surface area contributed by atoms with Gasteiger partial charge in [0, 0.05) is 11.3 Å². The van der Waals surface area contributed by atoms with Crippen molar-refractivity contribution < 1.29 is 9.13 Å². The SMILES string of the molecule is Cc1cccc(C)c1OCc1cc(F)ccc1N. The van der Waals surface area contributed by atoms with Gasteiger partial charge in [-0.05, 0) is 43.2 Å². The summed E-state index contributed by atoms with van der Waals surface area (Å²) in [6, 6.07) is 10.3. The lowest BCUT2D eigenvalue weighted by Gasteiger charge is -2.13. The van der Waals surface area contributed by atoms with Crippen molar-refractivity contribution in [3.63, 3.8) is 0 Å². The van der Waals surface area contributed by atoms with E-state index in [9.17, 15) is 4.39 Å². The van der Waals surface area contributed by atoms with Crippen LogP contribution < -0.4 is 10.5 Å². The van der Waals surface area contributed by atoms with Crippen LogP contribution in [0.3, 0.4) is 0 Å². The van der Waals surface area contributed by atoms with Crippen molar-refractivity contribution in [3.8, 4) is 5.75 Å². The molecule has 0 fully saturated rings. The minimum atomic E-state index is -0.302. The second-order valence-electron chi connectivity index (χ2n) is 4.35. The van der Waals surface area contributed by atoms with Crippen molar-refractivity contribution in [1.82, 2.24) is 0 Å². The highest BCUT2D eigenvalue weighted by Crippen LogP contribution is 2.24. The van der Waals surface area contributed by atoms with Gasteiger partial charge in [-0.25, -0.2) is 4.39 Å². The first kappa shape index (κ1) is 12.4. The number of ether oxygens (including phenoxy) is 1. The van der Waals surface area contributed by atoms with Gasteiger partial charge in [0.25, 0.3) is 0 Å². The Morgan fingerprint density at radius 3 is 2.44 bits per heavy atom. The molecule has 0 saturated heterocycles. The molecule has 94 valence electrons. The molecule has 2 aromatic rings. The first-order valence-corrected chi connectivity index (χ1v) is 5.81.